The Morgan fingerprint density at radius 1 is 1.56 bits per heavy atom. The second kappa shape index (κ2) is 5.55. The molecule has 0 spiro atoms. The molecule has 2 atom stereocenters. The molecule has 2 rings (SSSR count). The van der Waals surface area contributed by atoms with E-state index in [9.17, 15) is 4.39 Å². The molecule has 4 heteroatoms. The third-order valence-electron chi connectivity index (χ3n) is 3.91. The molecular formula is C14H19ClFNO. The zero-order valence-corrected chi connectivity index (χ0v) is 11.6. The van der Waals surface area contributed by atoms with Crippen molar-refractivity contribution in [1.29, 1.82) is 0 Å². The molecule has 1 N–H and O–H groups in total. The zero-order valence-electron chi connectivity index (χ0n) is 10.8. The van der Waals surface area contributed by atoms with Gasteiger partial charge in [0.1, 0.15) is 5.82 Å². The smallest absolute Gasteiger partial charge is 0.126 e. The predicted octanol–water partition coefficient (Wildman–Crippen LogP) is 3.04. The Bertz CT molecular complexity index is 426. The van der Waals surface area contributed by atoms with Gasteiger partial charge in [0.2, 0.25) is 0 Å². The summed E-state index contributed by atoms with van der Waals surface area (Å²) in [6, 6.07) is 4.74. The molecule has 0 bridgehead atoms. The van der Waals surface area contributed by atoms with Crippen LogP contribution in [0.5, 0.6) is 0 Å². The molecular weight excluding hydrogens is 253 g/mol. The van der Waals surface area contributed by atoms with Crippen LogP contribution < -0.4 is 5.32 Å². The quantitative estimate of drug-likeness (QED) is 0.909. The molecule has 1 heterocycles. The molecule has 1 fully saturated rings. The first-order valence-corrected chi connectivity index (χ1v) is 6.65. The minimum atomic E-state index is -0.186. The number of benzene rings is 1. The SMILES string of the molecule is CNCC1(Cc2cc(Cl)ccc2F)CCOC1C. The summed E-state index contributed by atoms with van der Waals surface area (Å²) in [5.41, 5.74) is 0.635. The molecule has 0 aromatic heterocycles. The fourth-order valence-electron chi connectivity index (χ4n) is 2.76. The van der Waals surface area contributed by atoms with Gasteiger partial charge in [0.15, 0.2) is 0 Å². The van der Waals surface area contributed by atoms with E-state index >= 15 is 0 Å². The van der Waals surface area contributed by atoms with Crippen molar-refractivity contribution in [2.75, 3.05) is 20.2 Å². The van der Waals surface area contributed by atoms with Gasteiger partial charge in [-0.3, -0.25) is 0 Å². The van der Waals surface area contributed by atoms with Crippen LogP contribution in [0.25, 0.3) is 0 Å². The molecule has 1 aliphatic rings. The summed E-state index contributed by atoms with van der Waals surface area (Å²) in [5.74, 6) is -0.186. The highest BCUT2D eigenvalue weighted by atomic mass is 35.5. The van der Waals surface area contributed by atoms with Crippen LogP contribution in [0, 0.1) is 11.2 Å². The number of ether oxygens (including phenoxy) is 1. The maximum Gasteiger partial charge on any atom is 0.126 e. The van der Waals surface area contributed by atoms with E-state index in [1.807, 2.05) is 7.05 Å². The van der Waals surface area contributed by atoms with E-state index in [0.29, 0.717) is 17.0 Å². The molecule has 2 unspecified atom stereocenters. The summed E-state index contributed by atoms with van der Waals surface area (Å²) in [5, 5.41) is 3.78. The lowest BCUT2D eigenvalue weighted by Crippen LogP contribution is -2.40. The highest BCUT2D eigenvalue weighted by Crippen LogP contribution is 2.38. The lowest BCUT2D eigenvalue weighted by molar-refractivity contribution is 0.0636. The zero-order chi connectivity index (χ0) is 13.2. The Morgan fingerprint density at radius 3 is 2.94 bits per heavy atom. The molecule has 18 heavy (non-hydrogen) atoms. The third kappa shape index (κ3) is 2.68. The van der Waals surface area contributed by atoms with E-state index in [4.69, 9.17) is 16.3 Å². The maximum absolute atomic E-state index is 13.8. The van der Waals surface area contributed by atoms with E-state index in [-0.39, 0.29) is 17.3 Å². The van der Waals surface area contributed by atoms with Crippen LogP contribution in [-0.2, 0) is 11.2 Å². The topological polar surface area (TPSA) is 21.3 Å². The predicted molar refractivity (Wildman–Crippen MR) is 71.5 cm³/mol. The van der Waals surface area contributed by atoms with Crippen LogP contribution in [0.2, 0.25) is 5.02 Å². The highest BCUT2D eigenvalue weighted by Gasteiger charge is 2.41. The van der Waals surface area contributed by atoms with Crippen LogP contribution in [0.3, 0.4) is 0 Å². The van der Waals surface area contributed by atoms with Gasteiger partial charge in [0.05, 0.1) is 6.10 Å². The van der Waals surface area contributed by atoms with E-state index < -0.39 is 0 Å². The van der Waals surface area contributed by atoms with Crippen molar-refractivity contribution in [1.82, 2.24) is 5.32 Å². The van der Waals surface area contributed by atoms with Gasteiger partial charge in [-0.25, -0.2) is 4.39 Å². The second-order valence-electron chi connectivity index (χ2n) is 5.07. The van der Waals surface area contributed by atoms with Gasteiger partial charge in [-0.05, 0) is 50.6 Å². The molecule has 0 amide bonds. The summed E-state index contributed by atoms with van der Waals surface area (Å²) < 4.78 is 19.5. The third-order valence-corrected chi connectivity index (χ3v) is 4.14. The molecule has 0 radical (unpaired) electrons. The van der Waals surface area contributed by atoms with E-state index in [1.165, 1.54) is 6.07 Å². The average molecular weight is 272 g/mol. The largest absolute Gasteiger partial charge is 0.378 e. The number of nitrogens with one attached hydrogen (secondary N) is 1. The molecule has 1 aromatic rings. The number of halogens is 2. The fourth-order valence-corrected chi connectivity index (χ4v) is 2.95. The lowest BCUT2D eigenvalue weighted by atomic mass is 9.76. The summed E-state index contributed by atoms with van der Waals surface area (Å²) in [6.45, 7) is 3.62. The number of rotatable bonds is 4. The van der Waals surface area contributed by atoms with Crippen molar-refractivity contribution < 1.29 is 9.13 Å². The van der Waals surface area contributed by atoms with Gasteiger partial charge in [-0.15, -0.1) is 0 Å². The summed E-state index contributed by atoms with van der Waals surface area (Å²) in [4.78, 5) is 0. The lowest BCUT2D eigenvalue weighted by Gasteiger charge is -2.32. The summed E-state index contributed by atoms with van der Waals surface area (Å²) in [6.07, 6.45) is 1.73. The highest BCUT2D eigenvalue weighted by molar-refractivity contribution is 6.30. The van der Waals surface area contributed by atoms with Crippen molar-refractivity contribution in [3.8, 4) is 0 Å². The molecule has 0 saturated carbocycles. The number of hydrogen-bond acceptors (Lipinski definition) is 2. The normalized spacial score (nSPS) is 27.7. The van der Waals surface area contributed by atoms with Crippen molar-refractivity contribution >= 4 is 11.6 Å². The summed E-state index contributed by atoms with van der Waals surface area (Å²) in [7, 11) is 1.92. The minimum absolute atomic E-state index is 0.0414. The first-order chi connectivity index (χ1) is 8.57. The van der Waals surface area contributed by atoms with E-state index in [2.05, 4.69) is 12.2 Å². The standard InChI is InChI=1S/C14H19ClFNO/c1-10-14(9-17-2,5-6-18-10)8-11-7-12(15)3-4-13(11)16/h3-4,7,10,17H,5-6,8-9H2,1-2H3. The molecule has 1 aliphatic heterocycles. The molecule has 0 aliphatic carbocycles. The average Bonchev–Trinajstić information content (AvgIpc) is 2.66. The molecule has 100 valence electrons. The maximum atomic E-state index is 13.8. The van der Waals surface area contributed by atoms with Gasteiger partial charge >= 0.3 is 0 Å². The monoisotopic (exact) mass is 271 g/mol. The van der Waals surface area contributed by atoms with Crippen molar-refractivity contribution in [3.05, 3.63) is 34.6 Å². The second-order valence-corrected chi connectivity index (χ2v) is 5.50. The Morgan fingerprint density at radius 2 is 2.33 bits per heavy atom. The first-order valence-electron chi connectivity index (χ1n) is 6.27. The molecule has 1 aromatic carbocycles. The Balaban J connectivity index is 2.26. The van der Waals surface area contributed by atoms with Gasteiger partial charge in [0, 0.05) is 23.6 Å². The van der Waals surface area contributed by atoms with Gasteiger partial charge in [-0.2, -0.15) is 0 Å². The van der Waals surface area contributed by atoms with Crippen molar-refractivity contribution in [2.45, 2.75) is 25.9 Å². The van der Waals surface area contributed by atoms with E-state index in [1.54, 1.807) is 12.1 Å². The first kappa shape index (κ1) is 13.8. The van der Waals surface area contributed by atoms with Crippen LogP contribution in [0.15, 0.2) is 18.2 Å². The summed E-state index contributed by atoms with van der Waals surface area (Å²) >= 11 is 5.95. The van der Waals surface area contributed by atoms with Gasteiger partial charge in [-0.1, -0.05) is 11.6 Å². The molecule has 1 saturated heterocycles. The Labute approximate surface area is 112 Å². The van der Waals surface area contributed by atoms with E-state index in [0.717, 1.165) is 19.6 Å². The Hall–Kier alpha value is -0.640. The molecule has 2 nitrogen and oxygen atoms in total. The number of hydrogen-bond donors (Lipinski definition) is 1. The van der Waals surface area contributed by atoms with Crippen LogP contribution in [0.1, 0.15) is 18.9 Å². The van der Waals surface area contributed by atoms with Crippen molar-refractivity contribution in [3.63, 3.8) is 0 Å². The Kier molecular flexibility index (Phi) is 4.25. The van der Waals surface area contributed by atoms with Gasteiger partial charge < -0.3 is 10.1 Å². The van der Waals surface area contributed by atoms with Crippen LogP contribution >= 0.6 is 11.6 Å². The van der Waals surface area contributed by atoms with Crippen LogP contribution in [-0.4, -0.2) is 26.3 Å². The van der Waals surface area contributed by atoms with Crippen LogP contribution in [0.4, 0.5) is 4.39 Å². The van der Waals surface area contributed by atoms with Gasteiger partial charge in [0.25, 0.3) is 0 Å². The minimum Gasteiger partial charge on any atom is -0.378 e. The van der Waals surface area contributed by atoms with Crippen molar-refractivity contribution in [2.24, 2.45) is 5.41 Å². The fraction of sp³-hybridized carbons (Fsp3) is 0.571.